The molecular weight excluding hydrogens is 281 g/mol. The van der Waals surface area contributed by atoms with Crippen molar-refractivity contribution >= 4 is 5.91 Å². The molecule has 0 bridgehead atoms. The maximum absolute atomic E-state index is 13.4. The lowest BCUT2D eigenvalue weighted by molar-refractivity contribution is -0.125. The van der Waals surface area contributed by atoms with Gasteiger partial charge in [-0.05, 0) is 44.2 Å². The van der Waals surface area contributed by atoms with Crippen LogP contribution in [-0.2, 0) is 17.6 Å². The number of aromatic nitrogens is 2. The van der Waals surface area contributed by atoms with Gasteiger partial charge in [0.25, 0.3) is 0 Å². The van der Waals surface area contributed by atoms with Crippen LogP contribution in [0.15, 0.2) is 24.3 Å². The number of aryl methyl sites for hydroxylation is 1. The van der Waals surface area contributed by atoms with Crippen molar-refractivity contribution in [1.82, 2.24) is 15.5 Å². The van der Waals surface area contributed by atoms with Crippen LogP contribution in [0.25, 0.3) is 11.3 Å². The summed E-state index contributed by atoms with van der Waals surface area (Å²) in [7, 11) is 0. The fourth-order valence-corrected chi connectivity index (χ4v) is 3.14. The molecule has 22 heavy (non-hydrogen) atoms. The van der Waals surface area contributed by atoms with Gasteiger partial charge in [0.2, 0.25) is 5.91 Å². The second-order valence-electron chi connectivity index (χ2n) is 6.26. The monoisotopic (exact) mass is 299 g/mol. The maximum atomic E-state index is 13.4. The van der Waals surface area contributed by atoms with Gasteiger partial charge in [0, 0.05) is 28.8 Å². The lowest BCUT2D eigenvalue weighted by Crippen LogP contribution is -2.35. The number of H-pyrrole nitrogens is 1. The maximum Gasteiger partial charge on any atom is 0.223 e. The molecule has 0 aliphatic heterocycles. The topological polar surface area (TPSA) is 57.8 Å². The molecule has 1 saturated carbocycles. The summed E-state index contributed by atoms with van der Waals surface area (Å²) in [4.78, 5) is 12.3. The molecule has 1 atom stereocenters. The Morgan fingerprint density at radius 3 is 2.95 bits per heavy atom. The van der Waals surface area contributed by atoms with Gasteiger partial charge in [-0.3, -0.25) is 9.89 Å². The van der Waals surface area contributed by atoms with Crippen LogP contribution in [-0.4, -0.2) is 22.1 Å². The minimum Gasteiger partial charge on any atom is -0.353 e. The number of halogens is 1. The third-order valence-electron chi connectivity index (χ3n) is 4.54. The lowest BCUT2D eigenvalue weighted by Gasteiger charge is -2.21. The molecule has 2 aliphatic rings. The molecule has 2 aromatic rings. The minimum absolute atomic E-state index is 0.00184. The quantitative estimate of drug-likeness (QED) is 0.915. The van der Waals surface area contributed by atoms with Crippen LogP contribution in [0.3, 0.4) is 0 Å². The lowest BCUT2D eigenvalue weighted by atomic mass is 9.85. The van der Waals surface area contributed by atoms with Crippen LogP contribution >= 0.6 is 0 Å². The van der Waals surface area contributed by atoms with E-state index in [2.05, 4.69) is 15.5 Å². The van der Waals surface area contributed by atoms with Crippen LogP contribution in [0.2, 0.25) is 0 Å². The van der Waals surface area contributed by atoms with Crippen LogP contribution in [0.1, 0.15) is 30.5 Å². The summed E-state index contributed by atoms with van der Waals surface area (Å²) >= 11 is 0. The summed E-state index contributed by atoms with van der Waals surface area (Å²) in [5, 5.41) is 10.5. The summed E-state index contributed by atoms with van der Waals surface area (Å²) in [5.74, 6) is -0.120. The molecule has 0 radical (unpaired) electrons. The zero-order chi connectivity index (χ0) is 15.1. The number of rotatable bonds is 3. The average molecular weight is 299 g/mol. The molecule has 0 saturated heterocycles. The van der Waals surface area contributed by atoms with Gasteiger partial charge in [0.05, 0.1) is 5.69 Å². The van der Waals surface area contributed by atoms with Gasteiger partial charge in [-0.15, -0.1) is 0 Å². The van der Waals surface area contributed by atoms with Crippen molar-refractivity contribution in [3.8, 4) is 11.3 Å². The predicted molar refractivity (Wildman–Crippen MR) is 80.7 cm³/mol. The number of aromatic amines is 1. The summed E-state index contributed by atoms with van der Waals surface area (Å²) < 4.78 is 13.4. The first-order chi connectivity index (χ1) is 10.7. The van der Waals surface area contributed by atoms with Gasteiger partial charge in [-0.1, -0.05) is 12.1 Å². The Bertz CT molecular complexity index is 720. The van der Waals surface area contributed by atoms with Crippen LogP contribution in [0.4, 0.5) is 4.39 Å². The molecule has 0 unspecified atom stereocenters. The van der Waals surface area contributed by atoms with Crippen LogP contribution in [0, 0.1) is 11.7 Å². The summed E-state index contributed by atoms with van der Waals surface area (Å²) in [6.45, 7) is 0. The van der Waals surface area contributed by atoms with Crippen LogP contribution < -0.4 is 5.32 Å². The highest BCUT2D eigenvalue weighted by molar-refractivity contribution is 5.80. The Morgan fingerprint density at radius 1 is 1.32 bits per heavy atom. The number of nitrogens with one attached hydrogen (secondary N) is 2. The average Bonchev–Trinajstić information content (AvgIpc) is 3.23. The number of carbonyl (C=O) groups is 1. The minimum atomic E-state index is -0.270. The van der Waals surface area contributed by atoms with E-state index in [1.165, 1.54) is 12.1 Å². The smallest absolute Gasteiger partial charge is 0.223 e. The second-order valence-corrected chi connectivity index (χ2v) is 6.26. The molecule has 114 valence electrons. The van der Waals surface area contributed by atoms with Gasteiger partial charge in [-0.2, -0.15) is 5.10 Å². The highest BCUT2D eigenvalue weighted by atomic mass is 19.1. The summed E-state index contributed by atoms with van der Waals surface area (Å²) in [6.07, 6.45) is 4.54. The first kappa shape index (κ1) is 13.5. The normalized spacial score (nSPS) is 20.5. The van der Waals surface area contributed by atoms with Gasteiger partial charge >= 0.3 is 0 Å². The Balaban J connectivity index is 1.60. The van der Waals surface area contributed by atoms with E-state index in [4.69, 9.17) is 0 Å². The Morgan fingerprint density at radius 2 is 2.18 bits per heavy atom. The molecule has 1 fully saturated rings. The first-order valence-corrected chi connectivity index (χ1v) is 7.83. The molecular formula is C17H18FN3O. The second kappa shape index (κ2) is 5.23. The van der Waals surface area contributed by atoms with Crippen molar-refractivity contribution in [1.29, 1.82) is 0 Å². The van der Waals surface area contributed by atoms with Crippen molar-refractivity contribution in [2.45, 2.75) is 38.1 Å². The molecule has 1 amide bonds. The molecule has 1 aromatic heterocycles. The number of benzene rings is 1. The van der Waals surface area contributed by atoms with Crippen LogP contribution in [0.5, 0.6) is 0 Å². The van der Waals surface area contributed by atoms with Crippen molar-refractivity contribution in [2.75, 3.05) is 0 Å². The van der Waals surface area contributed by atoms with E-state index in [1.807, 2.05) is 6.07 Å². The first-order valence-electron chi connectivity index (χ1n) is 7.83. The molecule has 2 aliphatic carbocycles. The van der Waals surface area contributed by atoms with E-state index in [9.17, 15) is 9.18 Å². The van der Waals surface area contributed by atoms with E-state index in [1.54, 1.807) is 6.07 Å². The molecule has 2 N–H and O–H groups in total. The van der Waals surface area contributed by atoms with E-state index >= 15 is 0 Å². The zero-order valence-electron chi connectivity index (χ0n) is 12.2. The highest BCUT2D eigenvalue weighted by Crippen LogP contribution is 2.33. The summed E-state index contributed by atoms with van der Waals surface area (Å²) in [6, 6.07) is 6.85. The molecule has 0 spiro atoms. The predicted octanol–water partition coefficient (Wildman–Crippen LogP) is 2.60. The third kappa shape index (κ3) is 2.51. The van der Waals surface area contributed by atoms with Gasteiger partial charge in [0.1, 0.15) is 5.82 Å². The number of fused-ring (bicyclic) bond motifs is 1. The molecule has 4 rings (SSSR count). The highest BCUT2D eigenvalue weighted by Gasteiger charge is 2.32. The van der Waals surface area contributed by atoms with E-state index < -0.39 is 0 Å². The molecule has 1 heterocycles. The SMILES string of the molecule is O=C(NC1CC1)[C@H]1CCc2[nH]nc(-c3cccc(F)c3)c2C1. The largest absolute Gasteiger partial charge is 0.353 e. The standard InChI is InChI=1S/C17H18FN3O/c18-12-3-1-2-10(8-12)16-14-9-11(4-7-15(14)20-21-16)17(22)19-13-5-6-13/h1-3,8,11,13H,4-7,9H2,(H,19,22)(H,20,21)/t11-/m0/s1. The van der Waals surface area contributed by atoms with Crippen molar-refractivity contribution in [3.05, 3.63) is 41.3 Å². The van der Waals surface area contributed by atoms with Gasteiger partial charge < -0.3 is 5.32 Å². The number of nitrogens with zero attached hydrogens (tertiary/aromatic N) is 1. The molecule has 5 heteroatoms. The van der Waals surface area contributed by atoms with E-state index in [-0.39, 0.29) is 17.6 Å². The fraction of sp³-hybridized carbons (Fsp3) is 0.412. The summed E-state index contributed by atoms with van der Waals surface area (Å²) in [5.41, 5.74) is 3.68. The van der Waals surface area contributed by atoms with Crippen molar-refractivity contribution in [3.63, 3.8) is 0 Å². The Kier molecular flexibility index (Phi) is 3.21. The number of hydrogen-bond donors (Lipinski definition) is 2. The van der Waals surface area contributed by atoms with Gasteiger partial charge in [-0.25, -0.2) is 4.39 Å². The third-order valence-corrected chi connectivity index (χ3v) is 4.54. The van der Waals surface area contributed by atoms with Crippen molar-refractivity contribution < 1.29 is 9.18 Å². The number of carbonyl (C=O) groups excluding carboxylic acids is 1. The number of hydrogen-bond acceptors (Lipinski definition) is 2. The Hall–Kier alpha value is -2.17. The zero-order valence-corrected chi connectivity index (χ0v) is 12.2. The Labute approximate surface area is 128 Å². The molecule has 4 nitrogen and oxygen atoms in total. The fourth-order valence-electron chi connectivity index (χ4n) is 3.14. The molecule has 1 aromatic carbocycles. The van der Waals surface area contributed by atoms with Gasteiger partial charge in [0.15, 0.2) is 0 Å². The van der Waals surface area contributed by atoms with E-state index in [0.29, 0.717) is 12.5 Å². The number of amides is 1. The van der Waals surface area contributed by atoms with Crippen molar-refractivity contribution in [2.24, 2.45) is 5.92 Å². The van der Waals surface area contributed by atoms with E-state index in [0.717, 1.165) is 48.2 Å².